The highest BCUT2D eigenvalue weighted by Crippen LogP contribution is 2.43. The molecule has 3 rings (SSSR count). The molecule has 1 amide bonds. The Hall–Kier alpha value is -2.69. The molecule has 1 fully saturated rings. The molecule has 124 valence electrons. The Bertz CT molecular complexity index is 771. The smallest absolute Gasteiger partial charge is 0.337 e. The Morgan fingerprint density at radius 3 is 2.50 bits per heavy atom. The number of nitrogens with zero attached hydrogens (tertiary/aromatic N) is 2. The van der Waals surface area contributed by atoms with Gasteiger partial charge in [-0.3, -0.25) is 9.78 Å². The van der Waals surface area contributed by atoms with Gasteiger partial charge in [-0.15, -0.1) is 0 Å². The highest BCUT2D eigenvalue weighted by atomic mass is 16.4. The largest absolute Gasteiger partial charge is 0.478 e. The summed E-state index contributed by atoms with van der Waals surface area (Å²) >= 11 is 0. The van der Waals surface area contributed by atoms with Gasteiger partial charge in [-0.25, -0.2) is 4.79 Å². The monoisotopic (exact) mass is 324 g/mol. The first-order valence-electron chi connectivity index (χ1n) is 7.92. The van der Waals surface area contributed by atoms with Crippen LogP contribution in [-0.2, 0) is 0 Å². The average Bonchev–Trinajstić information content (AvgIpc) is 2.91. The quantitative estimate of drug-likeness (QED) is 0.939. The number of hydrogen-bond acceptors (Lipinski definition) is 3. The van der Waals surface area contributed by atoms with Crippen molar-refractivity contribution in [2.75, 3.05) is 6.54 Å². The standard InChI is InChI=1S/C19H20N2O3/c1-19(2)9-16(13-6-4-3-5-7-13)21(12-19)17(22)14-8-15(18(23)24)11-20-10-14/h3-8,10-11,16H,9,12H2,1-2H3,(H,23,24). The van der Waals surface area contributed by atoms with Crippen LogP contribution >= 0.6 is 0 Å². The SMILES string of the molecule is CC1(C)CC(c2ccccc2)N(C(=O)c2cncc(C(=O)O)c2)C1. The van der Waals surface area contributed by atoms with Crippen LogP contribution in [0.15, 0.2) is 48.8 Å². The molecule has 24 heavy (non-hydrogen) atoms. The summed E-state index contributed by atoms with van der Waals surface area (Å²) in [6.07, 6.45) is 3.55. The van der Waals surface area contributed by atoms with Crippen molar-refractivity contribution in [3.05, 3.63) is 65.5 Å². The number of aromatic nitrogens is 1. The van der Waals surface area contributed by atoms with E-state index in [0.717, 1.165) is 12.0 Å². The maximum absolute atomic E-state index is 13.0. The van der Waals surface area contributed by atoms with E-state index in [9.17, 15) is 9.59 Å². The third kappa shape index (κ3) is 3.15. The summed E-state index contributed by atoms with van der Waals surface area (Å²) < 4.78 is 0. The molecule has 1 saturated heterocycles. The van der Waals surface area contributed by atoms with E-state index in [4.69, 9.17) is 5.11 Å². The number of carboxylic acids is 1. The number of carboxylic acid groups (broad SMARTS) is 1. The lowest BCUT2D eigenvalue weighted by molar-refractivity contribution is 0.0696. The number of amides is 1. The van der Waals surface area contributed by atoms with Gasteiger partial charge < -0.3 is 10.0 Å². The van der Waals surface area contributed by atoms with Gasteiger partial charge in [0.15, 0.2) is 0 Å². The van der Waals surface area contributed by atoms with E-state index < -0.39 is 5.97 Å². The van der Waals surface area contributed by atoms with Crippen molar-refractivity contribution in [2.45, 2.75) is 26.3 Å². The molecule has 1 unspecified atom stereocenters. The topological polar surface area (TPSA) is 70.5 Å². The van der Waals surface area contributed by atoms with Gasteiger partial charge in [-0.05, 0) is 23.5 Å². The van der Waals surface area contributed by atoms with Gasteiger partial charge in [0.25, 0.3) is 5.91 Å². The fourth-order valence-corrected chi connectivity index (χ4v) is 3.30. The summed E-state index contributed by atoms with van der Waals surface area (Å²) in [7, 11) is 0. The normalized spacial score (nSPS) is 19.2. The highest BCUT2D eigenvalue weighted by molar-refractivity contribution is 5.97. The van der Waals surface area contributed by atoms with Crippen molar-refractivity contribution >= 4 is 11.9 Å². The Labute approximate surface area is 140 Å². The van der Waals surface area contributed by atoms with Crippen molar-refractivity contribution in [3.8, 4) is 0 Å². The molecule has 0 bridgehead atoms. The van der Waals surface area contributed by atoms with Crippen LogP contribution in [0.1, 0.15) is 52.6 Å². The molecule has 1 aromatic heterocycles. The van der Waals surface area contributed by atoms with Gasteiger partial charge in [0.05, 0.1) is 17.2 Å². The molecular weight excluding hydrogens is 304 g/mol. The molecular formula is C19H20N2O3. The van der Waals surface area contributed by atoms with Crippen LogP contribution < -0.4 is 0 Å². The average molecular weight is 324 g/mol. The summed E-state index contributed by atoms with van der Waals surface area (Å²) in [5.74, 6) is -1.26. The highest BCUT2D eigenvalue weighted by Gasteiger charge is 2.41. The van der Waals surface area contributed by atoms with Crippen LogP contribution in [0, 0.1) is 5.41 Å². The van der Waals surface area contributed by atoms with Gasteiger partial charge in [-0.2, -0.15) is 0 Å². The number of carbonyl (C=O) groups excluding carboxylic acids is 1. The molecule has 5 nitrogen and oxygen atoms in total. The van der Waals surface area contributed by atoms with E-state index in [1.165, 1.54) is 18.5 Å². The predicted octanol–water partition coefficient (Wildman–Crippen LogP) is 3.39. The number of benzene rings is 1. The molecule has 2 heterocycles. The fraction of sp³-hybridized carbons (Fsp3) is 0.316. The molecule has 1 N–H and O–H groups in total. The van der Waals surface area contributed by atoms with E-state index in [0.29, 0.717) is 12.1 Å². The zero-order valence-corrected chi connectivity index (χ0v) is 13.8. The van der Waals surface area contributed by atoms with Crippen LogP contribution in [0.25, 0.3) is 0 Å². The van der Waals surface area contributed by atoms with Gasteiger partial charge in [-0.1, -0.05) is 44.2 Å². The minimum Gasteiger partial charge on any atom is -0.478 e. The van der Waals surface area contributed by atoms with E-state index >= 15 is 0 Å². The lowest BCUT2D eigenvalue weighted by Gasteiger charge is -2.25. The molecule has 1 aliphatic rings. The minimum atomic E-state index is -1.08. The number of likely N-dealkylation sites (tertiary alicyclic amines) is 1. The van der Waals surface area contributed by atoms with Gasteiger partial charge in [0, 0.05) is 18.9 Å². The third-order valence-electron chi connectivity index (χ3n) is 4.40. The molecule has 0 spiro atoms. The molecule has 0 saturated carbocycles. The molecule has 1 aromatic carbocycles. The Morgan fingerprint density at radius 1 is 1.17 bits per heavy atom. The van der Waals surface area contributed by atoms with Crippen molar-refractivity contribution < 1.29 is 14.7 Å². The first-order valence-corrected chi connectivity index (χ1v) is 7.92. The number of aromatic carboxylic acids is 1. The van der Waals surface area contributed by atoms with Crippen molar-refractivity contribution in [1.29, 1.82) is 0 Å². The Morgan fingerprint density at radius 2 is 1.83 bits per heavy atom. The van der Waals surface area contributed by atoms with Crippen LogP contribution in [-0.4, -0.2) is 33.4 Å². The van der Waals surface area contributed by atoms with E-state index in [1.807, 2.05) is 35.2 Å². The van der Waals surface area contributed by atoms with Gasteiger partial charge in [0.2, 0.25) is 0 Å². The lowest BCUT2D eigenvalue weighted by atomic mass is 9.89. The Kier molecular flexibility index (Phi) is 4.09. The van der Waals surface area contributed by atoms with Crippen molar-refractivity contribution in [2.24, 2.45) is 5.41 Å². The predicted molar refractivity (Wildman–Crippen MR) is 89.8 cm³/mol. The second-order valence-corrected chi connectivity index (χ2v) is 7.00. The maximum atomic E-state index is 13.0. The fourth-order valence-electron chi connectivity index (χ4n) is 3.30. The summed E-state index contributed by atoms with van der Waals surface area (Å²) in [6, 6.07) is 11.3. The lowest BCUT2D eigenvalue weighted by Crippen LogP contribution is -2.32. The molecule has 1 atom stereocenters. The zero-order chi connectivity index (χ0) is 17.3. The second-order valence-electron chi connectivity index (χ2n) is 7.00. The first kappa shape index (κ1) is 16.2. The minimum absolute atomic E-state index is 0.00794. The third-order valence-corrected chi connectivity index (χ3v) is 4.40. The summed E-state index contributed by atoms with van der Waals surface area (Å²) in [4.78, 5) is 29.8. The van der Waals surface area contributed by atoms with Gasteiger partial charge in [0.1, 0.15) is 0 Å². The second kappa shape index (κ2) is 6.07. The molecule has 0 aliphatic carbocycles. The maximum Gasteiger partial charge on any atom is 0.337 e. The number of pyridine rings is 1. The van der Waals surface area contributed by atoms with E-state index in [1.54, 1.807) is 0 Å². The summed E-state index contributed by atoms with van der Waals surface area (Å²) in [6.45, 7) is 4.91. The summed E-state index contributed by atoms with van der Waals surface area (Å²) in [5.41, 5.74) is 1.44. The molecule has 1 aliphatic heterocycles. The van der Waals surface area contributed by atoms with Crippen LogP contribution in [0.4, 0.5) is 0 Å². The summed E-state index contributed by atoms with van der Waals surface area (Å²) in [5, 5.41) is 9.10. The number of rotatable bonds is 3. The van der Waals surface area contributed by atoms with Crippen molar-refractivity contribution in [3.63, 3.8) is 0 Å². The van der Waals surface area contributed by atoms with E-state index in [2.05, 4.69) is 18.8 Å². The molecule has 0 radical (unpaired) electrons. The Balaban J connectivity index is 1.95. The van der Waals surface area contributed by atoms with Crippen LogP contribution in [0.3, 0.4) is 0 Å². The molecule has 2 aromatic rings. The zero-order valence-electron chi connectivity index (χ0n) is 13.8. The number of hydrogen-bond donors (Lipinski definition) is 1. The molecule has 5 heteroatoms. The van der Waals surface area contributed by atoms with Crippen LogP contribution in [0.5, 0.6) is 0 Å². The van der Waals surface area contributed by atoms with Crippen LogP contribution in [0.2, 0.25) is 0 Å². The first-order chi connectivity index (χ1) is 11.4. The van der Waals surface area contributed by atoms with Crippen molar-refractivity contribution in [1.82, 2.24) is 9.88 Å². The van der Waals surface area contributed by atoms with E-state index in [-0.39, 0.29) is 22.9 Å². The van der Waals surface area contributed by atoms with Gasteiger partial charge >= 0.3 is 5.97 Å². The number of carbonyl (C=O) groups is 2.